The van der Waals surface area contributed by atoms with Gasteiger partial charge in [-0.25, -0.2) is 0 Å². The zero-order valence-electron chi connectivity index (χ0n) is 10.1. The van der Waals surface area contributed by atoms with Crippen LogP contribution < -0.4 is 0 Å². The Kier molecular flexibility index (Phi) is 2.85. The topological polar surface area (TPSA) is 37.3 Å². The highest BCUT2D eigenvalue weighted by atomic mass is 16.2. The van der Waals surface area contributed by atoms with Gasteiger partial charge in [0.1, 0.15) is 0 Å². The van der Waals surface area contributed by atoms with Gasteiger partial charge in [0.2, 0.25) is 0 Å². The summed E-state index contributed by atoms with van der Waals surface area (Å²) in [4.78, 5) is 11.9. The van der Waals surface area contributed by atoms with E-state index in [2.05, 4.69) is 6.92 Å². The van der Waals surface area contributed by atoms with E-state index in [0.29, 0.717) is 6.42 Å². The monoisotopic (exact) mass is 218 g/mol. The lowest BCUT2D eigenvalue weighted by atomic mass is 9.92. The van der Waals surface area contributed by atoms with E-state index in [0.717, 1.165) is 17.5 Å². The predicted molar refractivity (Wildman–Crippen MR) is 63.9 cm³/mol. The molecule has 86 valence electrons. The molecule has 0 aromatic heterocycles. The number of carbonyl (C=O) groups excluding carboxylic acids is 1. The van der Waals surface area contributed by atoms with Crippen molar-refractivity contribution in [3.63, 3.8) is 0 Å². The molecule has 0 amide bonds. The molecule has 1 N–H and O–H groups in total. The molecule has 1 aliphatic carbocycles. The first-order valence-electron chi connectivity index (χ1n) is 5.83. The van der Waals surface area contributed by atoms with Crippen LogP contribution >= 0.6 is 0 Å². The molecule has 0 spiro atoms. The first-order chi connectivity index (χ1) is 7.56. The van der Waals surface area contributed by atoms with E-state index in [1.807, 2.05) is 19.9 Å². The van der Waals surface area contributed by atoms with E-state index in [1.165, 1.54) is 16.7 Å². The second kappa shape index (κ2) is 4.02. The first kappa shape index (κ1) is 11.3. The zero-order chi connectivity index (χ0) is 11.9. The standard InChI is InChI=1S/C14H18O2/c1-8-6-13-12(7-9(2)14(13)16)10(3)11(8)4-5-15/h6,9,15H,4-5,7H2,1-3H3. The third kappa shape index (κ3) is 1.57. The number of carbonyl (C=O) groups is 1. The molecular formula is C14H18O2. The third-order valence-corrected chi connectivity index (χ3v) is 3.65. The number of aliphatic hydroxyl groups is 1. The van der Waals surface area contributed by atoms with E-state index in [9.17, 15) is 4.79 Å². The van der Waals surface area contributed by atoms with Gasteiger partial charge in [-0.15, -0.1) is 0 Å². The Morgan fingerprint density at radius 3 is 2.75 bits per heavy atom. The van der Waals surface area contributed by atoms with Crippen LogP contribution in [0.2, 0.25) is 0 Å². The average molecular weight is 218 g/mol. The molecule has 1 unspecified atom stereocenters. The molecule has 0 heterocycles. The number of benzene rings is 1. The third-order valence-electron chi connectivity index (χ3n) is 3.65. The lowest BCUT2D eigenvalue weighted by molar-refractivity contribution is 0.0946. The van der Waals surface area contributed by atoms with Crippen molar-refractivity contribution in [3.8, 4) is 0 Å². The molecule has 0 bridgehead atoms. The van der Waals surface area contributed by atoms with Gasteiger partial charge in [-0.2, -0.15) is 0 Å². The second-order valence-corrected chi connectivity index (χ2v) is 4.77. The largest absolute Gasteiger partial charge is 0.396 e. The van der Waals surface area contributed by atoms with Crippen molar-refractivity contribution in [2.24, 2.45) is 5.92 Å². The van der Waals surface area contributed by atoms with Crippen molar-refractivity contribution in [2.75, 3.05) is 6.61 Å². The molecule has 2 heteroatoms. The zero-order valence-corrected chi connectivity index (χ0v) is 10.1. The molecular weight excluding hydrogens is 200 g/mol. The molecule has 1 atom stereocenters. The average Bonchev–Trinajstić information content (AvgIpc) is 2.52. The number of rotatable bonds is 2. The number of hydrogen-bond acceptors (Lipinski definition) is 2. The van der Waals surface area contributed by atoms with Crippen LogP contribution in [0, 0.1) is 19.8 Å². The Morgan fingerprint density at radius 1 is 1.44 bits per heavy atom. The fraction of sp³-hybridized carbons (Fsp3) is 0.500. The summed E-state index contributed by atoms with van der Waals surface area (Å²) in [6, 6.07) is 2.00. The minimum absolute atomic E-state index is 0.123. The molecule has 2 nitrogen and oxygen atoms in total. The van der Waals surface area contributed by atoms with Crippen molar-refractivity contribution in [2.45, 2.75) is 33.6 Å². The van der Waals surface area contributed by atoms with Gasteiger partial charge in [-0.3, -0.25) is 4.79 Å². The van der Waals surface area contributed by atoms with Crippen LogP contribution in [0.25, 0.3) is 0 Å². The number of aliphatic hydroxyl groups excluding tert-OH is 1. The second-order valence-electron chi connectivity index (χ2n) is 4.77. The maximum Gasteiger partial charge on any atom is 0.166 e. The van der Waals surface area contributed by atoms with E-state index < -0.39 is 0 Å². The molecule has 0 radical (unpaired) electrons. The van der Waals surface area contributed by atoms with Crippen molar-refractivity contribution >= 4 is 5.78 Å². The summed E-state index contributed by atoms with van der Waals surface area (Å²) in [5.41, 5.74) is 5.66. The van der Waals surface area contributed by atoms with Gasteiger partial charge in [0.05, 0.1) is 0 Å². The van der Waals surface area contributed by atoms with E-state index in [4.69, 9.17) is 5.11 Å². The predicted octanol–water partition coefficient (Wildman–Crippen LogP) is 2.21. The van der Waals surface area contributed by atoms with E-state index >= 15 is 0 Å². The molecule has 16 heavy (non-hydrogen) atoms. The van der Waals surface area contributed by atoms with Gasteiger partial charge in [-0.05, 0) is 55.0 Å². The van der Waals surface area contributed by atoms with Crippen LogP contribution in [0.1, 0.15) is 39.5 Å². The van der Waals surface area contributed by atoms with Crippen LogP contribution in [0.15, 0.2) is 6.07 Å². The maximum absolute atomic E-state index is 11.9. The Hall–Kier alpha value is -1.15. The highest BCUT2D eigenvalue weighted by molar-refractivity contribution is 6.02. The fourth-order valence-electron chi connectivity index (χ4n) is 2.71. The molecule has 0 saturated carbocycles. The SMILES string of the molecule is Cc1cc2c(c(C)c1CCO)CC(C)C2=O. The highest BCUT2D eigenvalue weighted by Gasteiger charge is 2.29. The summed E-state index contributed by atoms with van der Waals surface area (Å²) < 4.78 is 0. The van der Waals surface area contributed by atoms with Crippen LogP contribution in [0.4, 0.5) is 0 Å². The molecule has 2 rings (SSSR count). The minimum Gasteiger partial charge on any atom is -0.396 e. The summed E-state index contributed by atoms with van der Waals surface area (Å²) in [6.45, 7) is 6.25. The van der Waals surface area contributed by atoms with Gasteiger partial charge >= 0.3 is 0 Å². The molecule has 1 aromatic carbocycles. The van der Waals surface area contributed by atoms with Crippen molar-refractivity contribution in [1.29, 1.82) is 0 Å². The Labute approximate surface area is 96.3 Å². The molecule has 1 aromatic rings. The van der Waals surface area contributed by atoms with E-state index in [-0.39, 0.29) is 18.3 Å². The van der Waals surface area contributed by atoms with Crippen LogP contribution in [0.3, 0.4) is 0 Å². The number of hydrogen-bond donors (Lipinski definition) is 1. The van der Waals surface area contributed by atoms with Gasteiger partial charge in [-0.1, -0.05) is 6.92 Å². The highest BCUT2D eigenvalue weighted by Crippen LogP contribution is 2.32. The van der Waals surface area contributed by atoms with Crippen LogP contribution in [-0.2, 0) is 12.8 Å². The Morgan fingerprint density at radius 2 is 2.12 bits per heavy atom. The summed E-state index contributed by atoms with van der Waals surface area (Å²) in [7, 11) is 0. The van der Waals surface area contributed by atoms with Gasteiger partial charge in [0, 0.05) is 18.1 Å². The smallest absolute Gasteiger partial charge is 0.166 e. The lowest BCUT2D eigenvalue weighted by Crippen LogP contribution is -2.04. The number of aryl methyl sites for hydroxylation is 1. The van der Waals surface area contributed by atoms with Crippen LogP contribution in [0.5, 0.6) is 0 Å². The Bertz CT molecular complexity index is 447. The number of fused-ring (bicyclic) bond motifs is 1. The minimum atomic E-state index is 0.123. The summed E-state index contributed by atoms with van der Waals surface area (Å²) in [5, 5.41) is 9.05. The molecule has 1 aliphatic rings. The summed E-state index contributed by atoms with van der Waals surface area (Å²) >= 11 is 0. The Balaban J connectivity index is 2.57. The number of ketones is 1. The van der Waals surface area contributed by atoms with E-state index in [1.54, 1.807) is 0 Å². The number of Topliss-reactive ketones (excluding diaryl/α,β-unsaturated/α-hetero) is 1. The van der Waals surface area contributed by atoms with Crippen molar-refractivity contribution in [3.05, 3.63) is 33.9 Å². The maximum atomic E-state index is 11.9. The van der Waals surface area contributed by atoms with Gasteiger partial charge in [0.15, 0.2) is 5.78 Å². The summed E-state index contributed by atoms with van der Waals surface area (Å²) in [6.07, 6.45) is 1.55. The fourth-order valence-corrected chi connectivity index (χ4v) is 2.71. The quantitative estimate of drug-likeness (QED) is 0.826. The molecule has 0 saturated heterocycles. The van der Waals surface area contributed by atoms with Crippen LogP contribution in [-0.4, -0.2) is 17.5 Å². The molecule has 0 aliphatic heterocycles. The normalized spacial score (nSPS) is 19.0. The van der Waals surface area contributed by atoms with Crippen molar-refractivity contribution < 1.29 is 9.90 Å². The summed E-state index contributed by atoms with van der Waals surface area (Å²) in [5.74, 6) is 0.397. The molecule has 0 fully saturated rings. The lowest BCUT2D eigenvalue weighted by Gasteiger charge is -2.13. The van der Waals surface area contributed by atoms with Crippen molar-refractivity contribution in [1.82, 2.24) is 0 Å². The first-order valence-corrected chi connectivity index (χ1v) is 5.83. The van der Waals surface area contributed by atoms with Gasteiger partial charge in [0.25, 0.3) is 0 Å². The van der Waals surface area contributed by atoms with Gasteiger partial charge < -0.3 is 5.11 Å².